The summed E-state index contributed by atoms with van der Waals surface area (Å²) in [6.45, 7) is 1.94. The summed E-state index contributed by atoms with van der Waals surface area (Å²) in [6, 6.07) is 12.3. The van der Waals surface area contributed by atoms with E-state index < -0.39 is 11.6 Å². The van der Waals surface area contributed by atoms with Gasteiger partial charge in [-0.2, -0.15) is 12.1 Å². The van der Waals surface area contributed by atoms with Crippen molar-refractivity contribution < 1.29 is 67.0 Å². The number of halogens is 2. The molecule has 0 radical (unpaired) electrons. The Morgan fingerprint density at radius 2 is 1.62 bits per heavy atom. The van der Waals surface area contributed by atoms with Gasteiger partial charge in [-0.05, 0) is 12.5 Å². The molecule has 0 unspecified atom stereocenters. The van der Waals surface area contributed by atoms with E-state index in [9.17, 15) is 8.78 Å². The van der Waals surface area contributed by atoms with E-state index >= 15 is 0 Å². The molecule has 0 saturated carbocycles. The van der Waals surface area contributed by atoms with Gasteiger partial charge >= 0.3 is 58.2 Å². The molecule has 0 fully saturated rings. The van der Waals surface area contributed by atoms with E-state index in [1.807, 2.05) is 19.1 Å². The molecule has 3 heteroatoms. The molecule has 0 bridgehead atoms. The smallest absolute Gasteiger partial charge is 0.281 e. The molecule has 0 aromatic heterocycles. The zero-order valence-electron chi connectivity index (χ0n) is 9.22. The topological polar surface area (TPSA) is 0 Å². The van der Waals surface area contributed by atoms with Crippen LogP contribution in [0, 0.1) is 24.6 Å². The van der Waals surface area contributed by atoms with Gasteiger partial charge < -0.3 is 0 Å². The van der Waals surface area contributed by atoms with Crippen molar-refractivity contribution in [2.24, 2.45) is 0 Å². The fourth-order valence-corrected chi connectivity index (χ4v) is 1.41. The van der Waals surface area contributed by atoms with Gasteiger partial charge in [0.15, 0.2) is 0 Å². The summed E-state index contributed by atoms with van der Waals surface area (Å²) in [6.07, 6.45) is 0. The third kappa shape index (κ3) is 3.07. The number of rotatable bonds is 1. The Kier molecular flexibility index (Phi) is 5.45. The molecule has 0 N–H and O–H groups in total. The molecule has 0 spiro atoms. The second-order valence-corrected chi connectivity index (χ2v) is 3.39. The molecule has 0 aliphatic carbocycles. The molecule has 0 amide bonds. The van der Waals surface area contributed by atoms with Crippen LogP contribution in [-0.4, -0.2) is 0 Å². The van der Waals surface area contributed by atoms with Crippen molar-refractivity contribution >= 4 is 0 Å². The van der Waals surface area contributed by atoms with Crippen molar-refractivity contribution in [2.75, 3.05) is 0 Å². The van der Waals surface area contributed by atoms with E-state index in [1.54, 1.807) is 12.1 Å². The maximum absolute atomic E-state index is 13.4. The van der Waals surface area contributed by atoms with Crippen molar-refractivity contribution in [3.05, 3.63) is 59.7 Å². The Labute approximate surface area is 142 Å². The molecule has 2 aromatic rings. The molecule has 0 nitrogen and oxygen atoms in total. The van der Waals surface area contributed by atoms with E-state index in [4.69, 9.17) is 0 Å². The van der Waals surface area contributed by atoms with Gasteiger partial charge in [0, 0.05) is 5.82 Å². The largest absolute Gasteiger partial charge is 1.00 e. The van der Waals surface area contributed by atoms with Crippen molar-refractivity contribution in [3.63, 3.8) is 0 Å². The fraction of sp³-hybridized carbons (Fsp3) is 0.0769. The number of aryl methyl sites for hydroxylation is 1. The summed E-state index contributed by atoms with van der Waals surface area (Å²) in [5, 5.41) is 0. The molecule has 2 aromatic carbocycles. The minimum Gasteiger partial charge on any atom is -0.281 e. The Morgan fingerprint density at radius 3 is 2.25 bits per heavy atom. The monoisotopic (exact) mass is 288 g/mol. The molecular weight excluding hydrogens is 280 g/mol. The number of benzene rings is 2. The van der Waals surface area contributed by atoms with Gasteiger partial charge in [-0.1, -0.05) is 35.4 Å². The Hall–Kier alpha value is 0.105. The average molecular weight is 289 g/mol. The standard InChI is InChI=1S/C13H9F2.Rb/c1-9-5-7-10(8-6-9)11-3-2-4-12(14)13(11)15;/h2-3,5-8H,1H3;/q-1;+1. The minimum atomic E-state index is -0.937. The van der Waals surface area contributed by atoms with E-state index in [-0.39, 0.29) is 63.8 Å². The van der Waals surface area contributed by atoms with Gasteiger partial charge in [-0.3, -0.25) is 4.39 Å². The Balaban J connectivity index is 0.00000128. The second kappa shape index (κ2) is 6.15. The van der Waals surface area contributed by atoms with E-state index in [0.717, 1.165) is 5.56 Å². The van der Waals surface area contributed by atoms with Crippen molar-refractivity contribution in [2.45, 2.75) is 6.92 Å². The van der Waals surface area contributed by atoms with Gasteiger partial charge in [0.05, 0.1) is 5.82 Å². The first-order valence-electron chi connectivity index (χ1n) is 4.61. The molecule has 0 heterocycles. The Bertz CT molecular complexity index is 478. The predicted octanol–water partition coefficient (Wildman–Crippen LogP) is 0.744. The molecule has 0 aliphatic rings. The third-order valence-electron chi connectivity index (χ3n) is 2.25. The van der Waals surface area contributed by atoms with E-state index in [1.165, 1.54) is 12.1 Å². The van der Waals surface area contributed by atoms with Crippen molar-refractivity contribution in [1.29, 1.82) is 0 Å². The summed E-state index contributed by atoms with van der Waals surface area (Å²) in [5.41, 5.74) is 2.03. The SMILES string of the molecule is Cc1ccc(-c2cc[c-]c(F)c2F)cc1.[Rb+]. The van der Waals surface area contributed by atoms with E-state index in [2.05, 4.69) is 6.07 Å². The van der Waals surface area contributed by atoms with Gasteiger partial charge in [0.1, 0.15) is 0 Å². The first-order valence-corrected chi connectivity index (χ1v) is 4.61. The summed E-state index contributed by atoms with van der Waals surface area (Å²) >= 11 is 0. The van der Waals surface area contributed by atoms with Crippen LogP contribution < -0.4 is 58.2 Å². The minimum absolute atomic E-state index is 0. The maximum atomic E-state index is 13.4. The normalized spacial score (nSPS) is 9.69. The van der Waals surface area contributed by atoms with Crippen LogP contribution in [0.2, 0.25) is 0 Å². The summed E-state index contributed by atoms with van der Waals surface area (Å²) in [7, 11) is 0. The molecule has 76 valence electrons. The molecule has 2 rings (SSSR count). The van der Waals surface area contributed by atoms with Gasteiger partial charge in [0.2, 0.25) is 0 Å². The summed E-state index contributed by atoms with van der Waals surface area (Å²) in [5.74, 6) is -1.78. The predicted molar refractivity (Wildman–Crippen MR) is 55.4 cm³/mol. The van der Waals surface area contributed by atoms with Crippen LogP contribution in [0.4, 0.5) is 8.78 Å². The van der Waals surface area contributed by atoms with Gasteiger partial charge in [-0.25, -0.2) is 4.39 Å². The zero-order valence-corrected chi connectivity index (χ0v) is 14.1. The average Bonchev–Trinajstić information content (AvgIpc) is 2.24. The van der Waals surface area contributed by atoms with Crippen LogP contribution in [0.5, 0.6) is 0 Å². The first-order chi connectivity index (χ1) is 7.18. The van der Waals surface area contributed by atoms with Crippen LogP contribution in [0.25, 0.3) is 11.1 Å². The summed E-state index contributed by atoms with van der Waals surface area (Å²) < 4.78 is 26.3. The van der Waals surface area contributed by atoms with Crippen LogP contribution >= 0.6 is 0 Å². The quantitative estimate of drug-likeness (QED) is 0.679. The van der Waals surface area contributed by atoms with Crippen LogP contribution in [0.15, 0.2) is 36.4 Å². The molecule has 0 saturated heterocycles. The Morgan fingerprint density at radius 1 is 1.00 bits per heavy atom. The second-order valence-electron chi connectivity index (χ2n) is 3.39. The van der Waals surface area contributed by atoms with Gasteiger partial charge in [0.25, 0.3) is 0 Å². The van der Waals surface area contributed by atoms with E-state index in [0.29, 0.717) is 5.56 Å². The molecular formula is C13H9F2Rb. The molecule has 0 atom stereocenters. The van der Waals surface area contributed by atoms with Gasteiger partial charge in [-0.15, -0.1) is 6.07 Å². The van der Waals surface area contributed by atoms with Crippen molar-refractivity contribution in [1.82, 2.24) is 0 Å². The summed E-state index contributed by atoms with van der Waals surface area (Å²) in [4.78, 5) is 0. The molecule has 16 heavy (non-hydrogen) atoms. The van der Waals surface area contributed by atoms with Crippen LogP contribution in [0.1, 0.15) is 5.56 Å². The van der Waals surface area contributed by atoms with Crippen LogP contribution in [-0.2, 0) is 0 Å². The zero-order chi connectivity index (χ0) is 10.8. The number of hydrogen-bond donors (Lipinski definition) is 0. The van der Waals surface area contributed by atoms with Crippen LogP contribution in [0.3, 0.4) is 0 Å². The van der Waals surface area contributed by atoms with Crippen molar-refractivity contribution in [3.8, 4) is 11.1 Å². The molecule has 0 aliphatic heterocycles. The fourth-order valence-electron chi connectivity index (χ4n) is 1.41. The third-order valence-corrected chi connectivity index (χ3v) is 2.25. The maximum Gasteiger partial charge on any atom is 1.00 e. The number of hydrogen-bond acceptors (Lipinski definition) is 0. The first kappa shape index (κ1) is 14.2.